The maximum absolute atomic E-state index is 9.27. The van der Waals surface area contributed by atoms with Gasteiger partial charge in [0.25, 0.3) is 0 Å². The molecule has 0 saturated heterocycles. The van der Waals surface area contributed by atoms with Crippen LogP contribution in [0, 0.1) is 5.92 Å². The summed E-state index contributed by atoms with van der Waals surface area (Å²) in [6, 6.07) is 4.32. The van der Waals surface area contributed by atoms with Gasteiger partial charge in [-0.25, -0.2) is 0 Å². The highest BCUT2D eigenvalue weighted by atomic mass is 16.4. The zero-order valence-electron chi connectivity index (χ0n) is 11.3. The second kappa shape index (κ2) is 6.36. The van der Waals surface area contributed by atoms with Crippen molar-refractivity contribution >= 4 is 5.71 Å². The first-order valence-electron chi connectivity index (χ1n) is 6.75. The Kier molecular flexibility index (Phi) is 4.55. The van der Waals surface area contributed by atoms with Crippen LogP contribution in [0.5, 0.6) is 0 Å². The highest BCUT2D eigenvalue weighted by Crippen LogP contribution is 2.28. The summed E-state index contributed by atoms with van der Waals surface area (Å²) in [4.78, 5) is 4.09. The van der Waals surface area contributed by atoms with Gasteiger partial charge in [-0.2, -0.15) is 0 Å². The third-order valence-electron chi connectivity index (χ3n) is 3.63. The van der Waals surface area contributed by atoms with E-state index in [-0.39, 0.29) is 0 Å². The Morgan fingerprint density at radius 3 is 2.68 bits per heavy atom. The first-order valence-corrected chi connectivity index (χ1v) is 6.75. The topological polar surface area (TPSA) is 57.5 Å². The fourth-order valence-corrected chi connectivity index (χ4v) is 2.75. The van der Waals surface area contributed by atoms with Crippen LogP contribution in [0.1, 0.15) is 38.2 Å². The molecule has 1 aliphatic carbocycles. The van der Waals surface area contributed by atoms with Crippen molar-refractivity contribution in [1.82, 2.24) is 10.3 Å². The van der Waals surface area contributed by atoms with Crippen molar-refractivity contribution < 1.29 is 5.21 Å². The molecular formula is C15H21N3O. The lowest BCUT2D eigenvalue weighted by atomic mass is 9.81. The molecule has 1 saturated carbocycles. The molecular weight excluding hydrogens is 238 g/mol. The van der Waals surface area contributed by atoms with E-state index in [0.717, 1.165) is 42.7 Å². The van der Waals surface area contributed by atoms with Gasteiger partial charge in [0.2, 0.25) is 0 Å². The molecule has 19 heavy (non-hydrogen) atoms. The Balaban J connectivity index is 1.98. The molecule has 1 heterocycles. The summed E-state index contributed by atoms with van der Waals surface area (Å²) >= 11 is 0. The molecule has 0 atom stereocenters. The van der Waals surface area contributed by atoms with Gasteiger partial charge in [0.1, 0.15) is 0 Å². The number of hydrogen-bond donors (Lipinski definition) is 2. The molecule has 0 spiro atoms. The van der Waals surface area contributed by atoms with Gasteiger partial charge in [0, 0.05) is 35.6 Å². The minimum atomic E-state index is 0.317. The minimum Gasteiger partial charge on any atom is -0.411 e. The summed E-state index contributed by atoms with van der Waals surface area (Å²) in [5.41, 5.74) is 2.70. The van der Waals surface area contributed by atoms with Crippen LogP contribution in [-0.4, -0.2) is 21.9 Å². The van der Waals surface area contributed by atoms with Gasteiger partial charge in [-0.1, -0.05) is 11.7 Å². The summed E-state index contributed by atoms with van der Waals surface area (Å²) in [5, 5.41) is 16.2. The van der Waals surface area contributed by atoms with E-state index in [2.05, 4.69) is 22.0 Å². The van der Waals surface area contributed by atoms with Crippen LogP contribution in [0.15, 0.2) is 42.0 Å². The molecule has 0 amide bonds. The van der Waals surface area contributed by atoms with Crippen molar-refractivity contribution in [3.05, 3.63) is 42.4 Å². The van der Waals surface area contributed by atoms with E-state index < -0.39 is 0 Å². The van der Waals surface area contributed by atoms with Gasteiger partial charge in [0.15, 0.2) is 0 Å². The van der Waals surface area contributed by atoms with Crippen molar-refractivity contribution in [2.24, 2.45) is 11.1 Å². The second-order valence-electron chi connectivity index (χ2n) is 5.20. The van der Waals surface area contributed by atoms with E-state index in [9.17, 15) is 5.21 Å². The van der Waals surface area contributed by atoms with E-state index in [1.165, 1.54) is 0 Å². The number of rotatable bonds is 4. The van der Waals surface area contributed by atoms with Crippen molar-refractivity contribution in [3.8, 4) is 0 Å². The van der Waals surface area contributed by atoms with Gasteiger partial charge < -0.3 is 10.5 Å². The molecule has 1 aromatic heterocycles. The summed E-state index contributed by atoms with van der Waals surface area (Å²) in [7, 11) is 0. The lowest BCUT2D eigenvalue weighted by Gasteiger charge is -2.30. The Morgan fingerprint density at radius 2 is 2.16 bits per heavy atom. The number of nitrogens with one attached hydrogen (secondary N) is 1. The summed E-state index contributed by atoms with van der Waals surface area (Å²) < 4.78 is 0. The molecule has 102 valence electrons. The number of nitrogens with zero attached hydrogens (tertiary/aromatic N) is 2. The van der Waals surface area contributed by atoms with Crippen LogP contribution >= 0.6 is 0 Å². The predicted octanol–water partition coefficient (Wildman–Crippen LogP) is 2.94. The molecule has 1 aliphatic rings. The predicted molar refractivity (Wildman–Crippen MR) is 76.3 cm³/mol. The second-order valence-corrected chi connectivity index (χ2v) is 5.20. The van der Waals surface area contributed by atoms with Crippen LogP contribution < -0.4 is 5.32 Å². The number of oxime groups is 1. The Morgan fingerprint density at radius 1 is 1.42 bits per heavy atom. The van der Waals surface area contributed by atoms with Gasteiger partial charge in [-0.3, -0.25) is 4.98 Å². The zero-order chi connectivity index (χ0) is 13.7. The summed E-state index contributed by atoms with van der Waals surface area (Å²) in [6.07, 6.45) is 7.70. The molecule has 0 radical (unpaired) electrons. The van der Waals surface area contributed by atoms with Crippen LogP contribution in [-0.2, 0) is 0 Å². The SMILES string of the molecule is C=C(C)NC1CCC(/C(=N\O)c2cccnc2)CC1. The van der Waals surface area contributed by atoms with Crippen LogP contribution in [0.3, 0.4) is 0 Å². The van der Waals surface area contributed by atoms with Gasteiger partial charge in [0.05, 0.1) is 5.71 Å². The average Bonchev–Trinajstić information content (AvgIpc) is 2.42. The molecule has 0 unspecified atom stereocenters. The first-order chi connectivity index (χ1) is 9.20. The van der Waals surface area contributed by atoms with Crippen molar-refractivity contribution in [1.29, 1.82) is 0 Å². The number of allylic oxidation sites excluding steroid dienone is 1. The standard InChI is InChI=1S/C15H21N3O/c1-11(2)17-14-7-5-12(6-8-14)15(18-19)13-4-3-9-16-10-13/h3-4,9-10,12,14,17,19H,1,5-8H2,2H3/b18-15+. The van der Waals surface area contributed by atoms with E-state index >= 15 is 0 Å². The maximum atomic E-state index is 9.27. The van der Waals surface area contributed by atoms with E-state index in [0.29, 0.717) is 12.0 Å². The highest BCUT2D eigenvalue weighted by Gasteiger charge is 2.26. The number of pyridine rings is 1. The summed E-state index contributed by atoms with van der Waals surface area (Å²) in [6.45, 7) is 5.87. The van der Waals surface area contributed by atoms with E-state index in [1.807, 2.05) is 19.1 Å². The van der Waals surface area contributed by atoms with Gasteiger partial charge in [-0.15, -0.1) is 0 Å². The van der Waals surface area contributed by atoms with Crippen molar-refractivity contribution in [2.45, 2.75) is 38.6 Å². The molecule has 1 fully saturated rings. The molecule has 4 heteroatoms. The molecule has 1 aromatic rings. The van der Waals surface area contributed by atoms with Crippen molar-refractivity contribution in [2.75, 3.05) is 0 Å². The Hall–Kier alpha value is -1.84. The Bertz CT molecular complexity index is 448. The van der Waals surface area contributed by atoms with E-state index in [1.54, 1.807) is 12.4 Å². The van der Waals surface area contributed by atoms with Gasteiger partial charge >= 0.3 is 0 Å². The maximum Gasteiger partial charge on any atom is 0.0914 e. The smallest absolute Gasteiger partial charge is 0.0914 e. The van der Waals surface area contributed by atoms with Crippen LogP contribution in [0.25, 0.3) is 0 Å². The molecule has 0 aliphatic heterocycles. The van der Waals surface area contributed by atoms with Crippen LogP contribution in [0.2, 0.25) is 0 Å². The third-order valence-corrected chi connectivity index (χ3v) is 3.63. The third kappa shape index (κ3) is 3.56. The number of aromatic nitrogens is 1. The fourth-order valence-electron chi connectivity index (χ4n) is 2.75. The largest absolute Gasteiger partial charge is 0.411 e. The monoisotopic (exact) mass is 259 g/mol. The van der Waals surface area contributed by atoms with E-state index in [4.69, 9.17) is 0 Å². The lowest BCUT2D eigenvalue weighted by Crippen LogP contribution is -2.34. The molecule has 0 aromatic carbocycles. The molecule has 0 bridgehead atoms. The fraction of sp³-hybridized carbons (Fsp3) is 0.467. The average molecular weight is 259 g/mol. The normalized spacial score (nSPS) is 23.9. The highest BCUT2D eigenvalue weighted by molar-refractivity contribution is 6.01. The molecule has 2 N–H and O–H groups in total. The summed E-state index contributed by atoms with van der Waals surface area (Å²) in [5.74, 6) is 0.317. The quantitative estimate of drug-likeness (QED) is 0.496. The van der Waals surface area contributed by atoms with Crippen LogP contribution in [0.4, 0.5) is 0 Å². The minimum absolute atomic E-state index is 0.317. The van der Waals surface area contributed by atoms with Gasteiger partial charge in [-0.05, 0) is 44.7 Å². The Labute approximate surface area is 114 Å². The molecule has 2 rings (SSSR count). The zero-order valence-corrected chi connectivity index (χ0v) is 11.3. The lowest BCUT2D eigenvalue weighted by molar-refractivity contribution is 0.304. The molecule has 4 nitrogen and oxygen atoms in total. The number of hydrogen-bond acceptors (Lipinski definition) is 4. The van der Waals surface area contributed by atoms with Crippen molar-refractivity contribution in [3.63, 3.8) is 0 Å². The first kappa shape index (κ1) is 13.6.